The summed E-state index contributed by atoms with van der Waals surface area (Å²) in [4.78, 5) is 0. The lowest BCUT2D eigenvalue weighted by atomic mass is 10.1. The van der Waals surface area contributed by atoms with Crippen LogP contribution < -0.4 is 10.1 Å². The normalized spacial score (nSPS) is 18.2. The molecule has 0 spiro atoms. The molecule has 108 valence electrons. The van der Waals surface area contributed by atoms with Crippen molar-refractivity contribution in [3.05, 3.63) is 42.5 Å². The monoisotopic (exact) mass is 271 g/mol. The third-order valence-electron chi connectivity index (χ3n) is 4.34. The molecule has 1 aromatic rings. The summed E-state index contributed by atoms with van der Waals surface area (Å²) in [7, 11) is 0. The van der Waals surface area contributed by atoms with E-state index in [1.807, 2.05) is 12.1 Å². The van der Waals surface area contributed by atoms with Crippen molar-refractivity contribution in [3.63, 3.8) is 0 Å². The van der Waals surface area contributed by atoms with Gasteiger partial charge in [-0.05, 0) is 55.6 Å². The van der Waals surface area contributed by atoms with Crippen molar-refractivity contribution in [2.24, 2.45) is 11.8 Å². The van der Waals surface area contributed by atoms with Crippen LogP contribution in [0.3, 0.4) is 0 Å². The van der Waals surface area contributed by atoms with Crippen molar-refractivity contribution in [3.8, 4) is 5.75 Å². The molecule has 1 aromatic carbocycles. The predicted octanol–water partition coefficient (Wildman–Crippen LogP) is 3.57. The van der Waals surface area contributed by atoms with Crippen LogP contribution in [-0.2, 0) is 6.42 Å². The highest BCUT2D eigenvalue weighted by molar-refractivity contribution is 5.34. The maximum atomic E-state index is 5.93. The largest absolute Gasteiger partial charge is 0.492 e. The van der Waals surface area contributed by atoms with E-state index in [9.17, 15) is 0 Å². The third kappa shape index (κ3) is 3.63. The van der Waals surface area contributed by atoms with Gasteiger partial charge >= 0.3 is 0 Å². The van der Waals surface area contributed by atoms with Gasteiger partial charge in [-0.25, -0.2) is 0 Å². The molecule has 0 radical (unpaired) electrons. The molecule has 0 aliphatic heterocycles. The van der Waals surface area contributed by atoms with Crippen molar-refractivity contribution in [2.45, 2.75) is 38.1 Å². The second kappa shape index (κ2) is 6.45. The Bertz CT molecular complexity index is 436. The summed E-state index contributed by atoms with van der Waals surface area (Å²) >= 11 is 0. The Labute approximate surface area is 122 Å². The van der Waals surface area contributed by atoms with Gasteiger partial charge in [-0.15, -0.1) is 6.58 Å². The fraction of sp³-hybridized carbons (Fsp3) is 0.556. The standard InChI is InChI=1S/C18H25NO/c1-2-5-14-6-3-4-7-17(14)20-13-12-19-18(15-8-9-15)16-10-11-16/h2-4,6-7,15-16,18-19H,1,5,8-13H2. The van der Waals surface area contributed by atoms with Gasteiger partial charge in [0.1, 0.15) is 12.4 Å². The van der Waals surface area contributed by atoms with Gasteiger partial charge in [0.25, 0.3) is 0 Å². The molecule has 2 saturated carbocycles. The molecule has 2 aliphatic rings. The van der Waals surface area contributed by atoms with Crippen LogP contribution in [-0.4, -0.2) is 19.2 Å². The lowest BCUT2D eigenvalue weighted by Gasteiger charge is -2.18. The summed E-state index contributed by atoms with van der Waals surface area (Å²) in [6.07, 6.45) is 8.51. The van der Waals surface area contributed by atoms with Crippen LogP contribution in [0.15, 0.2) is 36.9 Å². The average Bonchev–Trinajstić information content (AvgIpc) is 3.34. The van der Waals surface area contributed by atoms with Crippen LogP contribution in [0, 0.1) is 11.8 Å². The predicted molar refractivity (Wildman–Crippen MR) is 83.1 cm³/mol. The topological polar surface area (TPSA) is 21.3 Å². The van der Waals surface area contributed by atoms with Crippen molar-refractivity contribution >= 4 is 0 Å². The molecule has 0 bridgehead atoms. The van der Waals surface area contributed by atoms with Gasteiger partial charge in [0, 0.05) is 12.6 Å². The molecule has 3 rings (SSSR count). The van der Waals surface area contributed by atoms with E-state index in [2.05, 4.69) is 30.1 Å². The molecular formula is C18H25NO. The van der Waals surface area contributed by atoms with E-state index < -0.39 is 0 Å². The van der Waals surface area contributed by atoms with Gasteiger partial charge in [-0.2, -0.15) is 0 Å². The van der Waals surface area contributed by atoms with E-state index in [1.165, 1.54) is 31.2 Å². The van der Waals surface area contributed by atoms with Gasteiger partial charge in [0.15, 0.2) is 0 Å². The summed E-state index contributed by atoms with van der Waals surface area (Å²) in [5.41, 5.74) is 1.23. The summed E-state index contributed by atoms with van der Waals surface area (Å²) in [5.74, 6) is 2.91. The molecule has 2 heteroatoms. The summed E-state index contributed by atoms with van der Waals surface area (Å²) in [5, 5.41) is 3.72. The molecule has 0 atom stereocenters. The molecule has 2 aliphatic carbocycles. The van der Waals surface area contributed by atoms with Gasteiger partial charge in [-0.1, -0.05) is 24.3 Å². The number of hydrogen-bond acceptors (Lipinski definition) is 2. The van der Waals surface area contributed by atoms with Gasteiger partial charge < -0.3 is 10.1 Å². The fourth-order valence-electron chi connectivity index (χ4n) is 2.98. The Morgan fingerprint density at radius 3 is 2.55 bits per heavy atom. The Balaban J connectivity index is 1.44. The first-order valence-electron chi connectivity index (χ1n) is 7.93. The number of ether oxygens (including phenoxy) is 1. The zero-order valence-corrected chi connectivity index (χ0v) is 12.2. The minimum absolute atomic E-state index is 0.754. The van der Waals surface area contributed by atoms with E-state index in [0.29, 0.717) is 0 Å². The van der Waals surface area contributed by atoms with E-state index in [0.717, 1.165) is 43.2 Å². The quantitative estimate of drug-likeness (QED) is 0.547. The highest BCUT2D eigenvalue weighted by Gasteiger charge is 2.40. The summed E-state index contributed by atoms with van der Waals surface area (Å²) < 4.78 is 5.93. The lowest BCUT2D eigenvalue weighted by Crippen LogP contribution is -2.36. The van der Waals surface area contributed by atoms with Crippen molar-refractivity contribution in [1.29, 1.82) is 0 Å². The first kappa shape index (κ1) is 13.7. The van der Waals surface area contributed by atoms with Crippen molar-refractivity contribution in [1.82, 2.24) is 5.32 Å². The van der Waals surface area contributed by atoms with E-state index in [-0.39, 0.29) is 0 Å². The van der Waals surface area contributed by atoms with Crippen LogP contribution in [0.4, 0.5) is 0 Å². The Hall–Kier alpha value is -1.28. The molecular weight excluding hydrogens is 246 g/mol. The SMILES string of the molecule is C=CCc1ccccc1OCCNC(C1CC1)C1CC1. The lowest BCUT2D eigenvalue weighted by molar-refractivity contribution is 0.292. The second-order valence-corrected chi connectivity index (χ2v) is 6.10. The highest BCUT2D eigenvalue weighted by atomic mass is 16.5. The molecule has 2 fully saturated rings. The minimum atomic E-state index is 0.754. The number of nitrogens with one attached hydrogen (secondary N) is 1. The molecule has 1 N–H and O–H groups in total. The van der Waals surface area contributed by atoms with Crippen LogP contribution in [0.5, 0.6) is 5.75 Å². The van der Waals surface area contributed by atoms with Crippen LogP contribution in [0.1, 0.15) is 31.2 Å². The maximum Gasteiger partial charge on any atom is 0.122 e. The zero-order chi connectivity index (χ0) is 13.8. The Morgan fingerprint density at radius 2 is 1.90 bits per heavy atom. The number of para-hydroxylation sites is 1. The maximum absolute atomic E-state index is 5.93. The van der Waals surface area contributed by atoms with Crippen molar-refractivity contribution in [2.75, 3.05) is 13.2 Å². The molecule has 0 unspecified atom stereocenters. The average molecular weight is 271 g/mol. The molecule has 0 heterocycles. The highest BCUT2D eigenvalue weighted by Crippen LogP contribution is 2.44. The van der Waals surface area contributed by atoms with Gasteiger partial charge in [-0.3, -0.25) is 0 Å². The first-order chi connectivity index (χ1) is 9.88. The van der Waals surface area contributed by atoms with Crippen LogP contribution in [0.2, 0.25) is 0 Å². The summed E-state index contributed by atoms with van der Waals surface area (Å²) in [6, 6.07) is 9.02. The fourth-order valence-corrected chi connectivity index (χ4v) is 2.98. The van der Waals surface area contributed by atoms with E-state index in [1.54, 1.807) is 0 Å². The second-order valence-electron chi connectivity index (χ2n) is 6.10. The van der Waals surface area contributed by atoms with Gasteiger partial charge in [0.05, 0.1) is 0 Å². The van der Waals surface area contributed by atoms with Gasteiger partial charge in [0.2, 0.25) is 0 Å². The smallest absolute Gasteiger partial charge is 0.122 e. The number of rotatable bonds is 9. The third-order valence-corrected chi connectivity index (χ3v) is 4.34. The van der Waals surface area contributed by atoms with Crippen LogP contribution in [0.25, 0.3) is 0 Å². The molecule has 2 nitrogen and oxygen atoms in total. The van der Waals surface area contributed by atoms with E-state index in [4.69, 9.17) is 4.74 Å². The number of benzene rings is 1. The Kier molecular flexibility index (Phi) is 4.41. The van der Waals surface area contributed by atoms with Crippen LogP contribution >= 0.6 is 0 Å². The molecule has 0 amide bonds. The minimum Gasteiger partial charge on any atom is -0.492 e. The number of allylic oxidation sites excluding steroid dienone is 1. The molecule has 0 saturated heterocycles. The summed E-state index contributed by atoms with van der Waals surface area (Å²) in [6.45, 7) is 5.51. The number of hydrogen-bond donors (Lipinski definition) is 1. The van der Waals surface area contributed by atoms with Crippen molar-refractivity contribution < 1.29 is 4.74 Å². The zero-order valence-electron chi connectivity index (χ0n) is 12.2. The molecule has 0 aromatic heterocycles. The first-order valence-corrected chi connectivity index (χ1v) is 7.93. The molecule has 20 heavy (non-hydrogen) atoms. The Morgan fingerprint density at radius 1 is 1.20 bits per heavy atom. The van der Waals surface area contributed by atoms with E-state index >= 15 is 0 Å².